The fourth-order valence-corrected chi connectivity index (χ4v) is 3.29. The number of likely N-dealkylation sites (tertiary alicyclic amines) is 1. The van der Waals surface area contributed by atoms with Crippen LogP contribution < -0.4 is 15.6 Å². The lowest BCUT2D eigenvalue weighted by molar-refractivity contribution is -0.121. The van der Waals surface area contributed by atoms with Gasteiger partial charge in [-0.15, -0.1) is 0 Å². The molecule has 1 amide bonds. The summed E-state index contributed by atoms with van der Waals surface area (Å²) < 4.78 is 6.96. The van der Waals surface area contributed by atoms with Crippen molar-refractivity contribution in [2.75, 3.05) is 26.2 Å². The molecule has 1 aromatic rings. The van der Waals surface area contributed by atoms with E-state index in [0.717, 1.165) is 19.6 Å². The van der Waals surface area contributed by atoms with Gasteiger partial charge in [0.05, 0.1) is 6.61 Å². The molecule has 1 aromatic heterocycles. The first-order valence-corrected chi connectivity index (χ1v) is 10.7. The van der Waals surface area contributed by atoms with E-state index in [1.54, 1.807) is 0 Å². The van der Waals surface area contributed by atoms with Crippen LogP contribution >= 0.6 is 0 Å². The van der Waals surface area contributed by atoms with Gasteiger partial charge in [0.2, 0.25) is 5.91 Å². The number of hydrogen-bond donors (Lipinski definition) is 1. The summed E-state index contributed by atoms with van der Waals surface area (Å²) in [5, 5.41) is 7.20. The van der Waals surface area contributed by atoms with Gasteiger partial charge in [0.1, 0.15) is 18.0 Å². The van der Waals surface area contributed by atoms with Gasteiger partial charge in [-0.25, -0.2) is 4.68 Å². The van der Waals surface area contributed by atoms with Gasteiger partial charge < -0.3 is 15.0 Å². The molecule has 1 fully saturated rings. The predicted octanol–water partition coefficient (Wildman–Crippen LogP) is 2.91. The van der Waals surface area contributed by atoms with E-state index in [1.807, 2.05) is 27.7 Å². The largest absolute Gasteiger partial charge is 0.491 e. The van der Waals surface area contributed by atoms with E-state index in [4.69, 9.17) is 4.74 Å². The minimum Gasteiger partial charge on any atom is -0.491 e. The Morgan fingerprint density at radius 3 is 2.55 bits per heavy atom. The maximum absolute atomic E-state index is 12.4. The van der Waals surface area contributed by atoms with Gasteiger partial charge in [-0.2, -0.15) is 5.10 Å². The maximum Gasteiger partial charge on any atom is 0.270 e. The van der Waals surface area contributed by atoms with Crippen LogP contribution in [0.3, 0.4) is 0 Å². The third-order valence-electron chi connectivity index (χ3n) is 4.90. The molecule has 1 saturated heterocycles. The number of nitrogens with one attached hydrogen (secondary N) is 1. The first kappa shape index (κ1) is 23.1. The van der Waals surface area contributed by atoms with Crippen LogP contribution in [0, 0.1) is 5.92 Å². The summed E-state index contributed by atoms with van der Waals surface area (Å²) in [7, 11) is 0. The molecule has 0 bridgehead atoms. The molecule has 0 radical (unpaired) electrons. The van der Waals surface area contributed by atoms with Crippen molar-refractivity contribution in [1.29, 1.82) is 0 Å². The molecule has 29 heavy (non-hydrogen) atoms. The highest BCUT2D eigenvalue weighted by Crippen LogP contribution is 2.22. The molecule has 0 spiro atoms. The molecule has 2 heterocycles. The van der Waals surface area contributed by atoms with Gasteiger partial charge in [-0.1, -0.05) is 40.7 Å². The molecule has 0 aliphatic carbocycles. The first-order valence-electron chi connectivity index (χ1n) is 10.7. The molecular formula is C22H36N4O3. The van der Waals surface area contributed by atoms with E-state index in [-0.39, 0.29) is 23.9 Å². The van der Waals surface area contributed by atoms with Crippen LogP contribution in [0.4, 0.5) is 0 Å². The number of aromatic nitrogens is 2. The average molecular weight is 405 g/mol. The normalized spacial score (nSPS) is 15.0. The average Bonchev–Trinajstić information content (AvgIpc) is 2.67. The van der Waals surface area contributed by atoms with Gasteiger partial charge in [-0.05, 0) is 38.3 Å². The van der Waals surface area contributed by atoms with Gasteiger partial charge >= 0.3 is 0 Å². The zero-order valence-electron chi connectivity index (χ0n) is 18.4. The molecule has 0 aromatic carbocycles. The number of rotatable bonds is 10. The second-order valence-corrected chi connectivity index (χ2v) is 8.55. The second-order valence-electron chi connectivity index (χ2n) is 8.55. The maximum atomic E-state index is 12.4. The molecule has 7 nitrogen and oxygen atoms in total. The summed E-state index contributed by atoms with van der Waals surface area (Å²) in [6, 6.07) is 1.43. The van der Waals surface area contributed by atoms with Crippen molar-refractivity contribution in [2.24, 2.45) is 5.92 Å². The molecule has 1 aliphatic rings. The Morgan fingerprint density at radius 2 is 1.93 bits per heavy atom. The molecule has 1 aliphatic heterocycles. The number of hydrogen-bond acceptors (Lipinski definition) is 5. The fraction of sp³-hybridized carbons (Fsp3) is 0.682. The Kier molecular flexibility index (Phi) is 8.89. The third kappa shape index (κ3) is 7.65. The summed E-state index contributed by atoms with van der Waals surface area (Å²) in [5.41, 5.74) is 1.01. The fourth-order valence-electron chi connectivity index (χ4n) is 3.29. The third-order valence-corrected chi connectivity index (χ3v) is 4.90. The lowest BCUT2D eigenvalue weighted by atomic mass is 10.1. The zero-order chi connectivity index (χ0) is 21.4. The molecule has 0 saturated carbocycles. The van der Waals surface area contributed by atoms with Crippen LogP contribution in [0.1, 0.15) is 65.0 Å². The lowest BCUT2D eigenvalue weighted by Crippen LogP contribution is -2.35. The van der Waals surface area contributed by atoms with Gasteiger partial charge in [0, 0.05) is 24.2 Å². The number of amides is 1. The second kappa shape index (κ2) is 11.1. The SMILES string of the molecule is C=C(CCN1CCCCC1)NC(=O)Cn1nc(C(C)C)c(OCC(C)C)cc1=O. The Labute approximate surface area is 174 Å². The van der Waals surface area contributed by atoms with E-state index in [2.05, 4.69) is 21.9 Å². The van der Waals surface area contributed by atoms with Crippen molar-refractivity contribution < 1.29 is 9.53 Å². The number of piperidine rings is 1. The topological polar surface area (TPSA) is 76.5 Å². The van der Waals surface area contributed by atoms with Crippen molar-refractivity contribution in [1.82, 2.24) is 20.0 Å². The van der Waals surface area contributed by atoms with Crippen molar-refractivity contribution in [2.45, 2.75) is 65.8 Å². The van der Waals surface area contributed by atoms with Gasteiger partial charge in [0.15, 0.2) is 0 Å². The van der Waals surface area contributed by atoms with Crippen LogP contribution in [0.25, 0.3) is 0 Å². The standard InChI is InChI=1S/C22H36N4O3/c1-16(2)15-29-19-13-21(28)26(24-22(19)17(3)4)14-20(27)23-18(5)9-12-25-10-7-6-8-11-25/h13,16-17H,5-12,14-15H2,1-4H3,(H,23,27). The summed E-state index contributed by atoms with van der Waals surface area (Å²) in [5.74, 6) is 0.640. The highest BCUT2D eigenvalue weighted by molar-refractivity contribution is 5.77. The quantitative estimate of drug-likeness (QED) is 0.649. The smallest absolute Gasteiger partial charge is 0.270 e. The van der Waals surface area contributed by atoms with E-state index in [0.29, 0.717) is 36.1 Å². The number of ether oxygens (including phenoxy) is 1. The Hall–Kier alpha value is -2.15. The Bertz CT molecular complexity index is 749. The molecule has 162 valence electrons. The number of carbonyl (C=O) groups excluding carboxylic acids is 1. The summed E-state index contributed by atoms with van der Waals surface area (Å²) in [4.78, 5) is 27.2. The van der Waals surface area contributed by atoms with Crippen molar-refractivity contribution in [3.05, 3.63) is 34.4 Å². The van der Waals surface area contributed by atoms with Crippen molar-refractivity contribution in [3.8, 4) is 5.75 Å². The summed E-state index contributed by atoms with van der Waals surface area (Å²) in [6.07, 6.45) is 4.49. The monoisotopic (exact) mass is 404 g/mol. The van der Waals surface area contributed by atoms with E-state index in [9.17, 15) is 9.59 Å². The number of nitrogens with zero attached hydrogens (tertiary/aromatic N) is 3. The van der Waals surface area contributed by atoms with Crippen LogP contribution in [-0.2, 0) is 11.3 Å². The molecule has 0 unspecified atom stereocenters. The van der Waals surface area contributed by atoms with Crippen molar-refractivity contribution in [3.63, 3.8) is 0 Å². The number of carbonyl (C=O) groups is 1. The van der Waals surface area contributed by atoms with E-state index in [1.165, 1.54) is 30.0 Å². The predicted molar refractivity (Wildman–Crippen MR) is 115 cm³/mol. The van der Waals surface area contributed by atoms with E-state index < -0.39 is 0 Å². The Morgan fingerprint density at radius 1 is 1.24 bits per heavy atom. The van der Waals surface area contributed by atoms with Gasteiger partial charge in [-0.3, -0.25) is 9.59 Å². The molecular weight excluding hydrogens is 368 g/mol. The lowest BCUT2D eigenvalue weighted by Gasteiger charge is -2.26. The van der Waals surface area contributed by atoms with E-state index >= 15 is 0 Å². The molecule has 1 N–H and O–H groups in total. The molecule has 2 rings (SSSR count). The van der Waals surface area contributed by atoms with Crippen LogP contribution in [0.2, 0.25) is 0 Å². The van der Waals surface area contributed by atoms with Crippen molar-refractivity contribution >= 4 is 5.91 Å². The first-order chi connectivity index (χ1) is 13.8. The highest BCUT2D eigenvalue weighted by atomic mass is 16.5. The Balaban J connectivity index is 1.95. The minimum absolute atomic E-state index is 0.0755. The molecule has 7 heteroatoms. The summed E-state index contributed by atoms with van der Waals surface area (Å²) in [6.45, 7) is 15.5. The highest BCUT2D eigenvalue weighted by Gasteiger charge is 2.16. The minimum atomic E-state index is -0.345. The van der Waals surface area contributed by atoms with Crippen LogP contribution in [0.15, 0.2) is 23.1 Å². The molecule has 0 atom stereocenters. The summed E-state index contributed by atoms with van der Waals surface area (Å²) >= 11 is 0. The van der Waals surface area contributed by atoms with Crippen LogP contribution in [0.5, 0.6) is 5.75 Å². The van der Waals surface area contributed by atoms with Crippen LogP contribution in [-0.4, -0.2) is 46.8 Å². The zero-order valence-corrected chi connectivity index (χ0v) is 18.4. The van der Waals surface area contributed by atoms with Gasteiger partial charge in [0.25, 0.3) is 5.56 Å².